The number of benzene rings is 2. The molecule has 1 saturated heterocycles. The van der Waals surface area contributed by atoms with E-state index in [4.69, 9.17) is 21.1 Å². The molecule has 3 aliphatic rings. The molecular formula is C28H35ClN2O3. The minimum Gasteiger partial charge on any atom is -0.487 e. The highest BCUT2D eigenvalue weighted by Gasteiger charge is 2.41. The number of likely N-dealkylation sites (N-methyl/N-ethyl adjacent to an activating group) is 1. The maximum absolute atomic E-state index is 12.7. The van der Waals surface area contributed by atoms with Crippen molar-refractivity contribution in [2.24, 2.45) is 0 Å². The lowest BCUT2D eigenvalue weighted by Crippen LogP contribution is -2.53. The van der Waals surface area contributed by atoms with Gasteiger partial charge in [0.2, 0.25) is 0 Å². The fraction of sp³-hybridized carbons (Fsp3) is 0.536. The van der Waals surface area contributed by atoms with Crippen molar-refractivity contribution in [3.63, 3.8) is 0 Å². The number of carbonyl (C=O) groups excluding carboxylic acids is 1. The van der Waals surface area contributed by atoms with Crippen molar-refractivity contribution in [2.75, 3.05) is 40.4 Å². The van der Waals surface area contributed by atoms with Crippen LogP contribution in [0.3, 0.4) is 0 Å². The molecule has 0 bridgehead atoms. The Bertz CT molecular complexity index is 1040. The first-order chi connectivity index (χ1) is 16.5. The number of hydrogen-bond acceptors (Lipinski definition) is 4. The monoisotopic (exact) mass is 482 g/mol. The van der Waals surface area contributed by atoms with Crippen LogP contribution in [0.15, 0.2) is 36.4 Å². The molecule has 0 atom stereocenters. The smallest absolute Gasteiger partial charge is 0.255 e. The Morgan fingerprint density at radius 1 is 1.15 bits per heavy atom. The van der Waals surface area contributed by atoms with Crippen molar-refractivity contribution in [2.45, 2.75) is 56.6 Å². The topological polar surface area (TPSA) is 42.0 Å². The van der Waals surface area contributed by atoms with E-state index in [-0.39, 0.29) is 11.5 Å². The van der Waals surface area contributed by atoms with Gasteiger partial charge in [-0.2, -0.15) is 0 Å². The van der Waals surface area contributed by atoms with Gasteiger partial charge < -0.3 is 19.3 Å². The molecule has 2 aromatic rings. The van der Waals surface area contributed by atoms with E-state index in [0.717, 1.165) is 48.6 Å². The van der Waals surface area contributed by atoms with Gasteiger partial charge in [-0.05, 0) is 79.5 Å². The molecule has 2 aliphatic heterocycles. The van der Waals surface area contributed by atoms with Crippen molar-refractivity contribution < 1.29 is 14.3 Å². The molecule has 1 amide bonds. The summed E-state index contributed by atoms with van der Waals surface area (Å²) in [5.74, 6) is 0.936. The van der Waals surface area contributed by atoms with Gasteiger partial charge in [0.1, 0.15) is 11.4 Å². The Kier molecular flexibility index (Phi) is 6.88. The second kappa shape index (κ2) is 9.88. The molecule has 0 aromatic heterocycles. The highest BCUT2D eigenvalue weighted by molar-refractivity contribution is 6.34. The van der Waals surface area contributed by atoms with Crippen LogP contribution in [0.25, 0.3) is 11.1 Å². The molecule has 2 aromatic carbocycles. The normalized spacial score (nSPS) is 19.9. The van der Waals surface area contributed by atoms with E-state index >= 15 is 0 Å². The third-order valence-electron chi connectivity index (χ3n) is 8.05. The quantitative estimate of drug-likeness (QED) is 0.550. The second-order valence-corrected chi connectivity index (χ2v) is 10.5. The van der Waals surface area contributed by atoms with Crippen LogP contribution in [0.5, 0.6) is 5.75 Å². The predicted molar refractivity (Wildman–Crippen MR) is 136 cm³/mol. The van der Waals surface area contributed by atoms with E-state index in [2.05, 4.69) is 23.1 Å². The molecule has 182 valence electrons. The zero-order valence-electron chi connectivity index (χ0n) is 20.3. The van der Waals surface area contributed by atoms with Crippen molar-refractivity contribution in [3.05, 3.63) is 52.5 Å². The van der Waals surface area contributed by atoms with Gasteiger partial charge in [-0.15, -0.1) is 0 Å². The number of methoxy groups -OCH3 is 1. The number of aryl methyl sites for hydroxylation is 1. The summed E-state index contributed by atoms with van der Waals surface area (Å²) in [5.41, 5.74) is 3.90. The highest BCUT2D eigenvalue weighted by Crippen LogP contribution is 2.42. The Hall–Kier alpha value is -2.08. The molecular weight excluding hydrogens is 448 g/mol. The lowest BCUT2D eigenvalue weighted by molar-refractivity contribution is -0.0336. The maximum Gasteiger partial charge on any atom is 0.255 e. The molecule has 0 N–H and O–H groups in total. The van der Waals surface area contributed by atoms with Crippen LogP contribution in [-0.4, -0.2) is 67.7 Å². The van der Waals surface area contributed by atoms with Gasteiger partial charge in [0.05, 0.1) is 17.2 Å². The van der Waals surface area contributed by atoms with Gasteiger partial charge in [-0.25, -0.2) is 0 Å². The van der Waals surface area contributed by atoms with E-state index in [0.29, 0.717) is 23.7 Å². The average molecular weight is 483 g/mol. The second-order valence-electron chi connectivity index (χ2n) is 10.1. The van der Waals surface area contributed by atoms with E-state index in [9.17, 15) is 4.79 Å². The molecule has 5 rings (SSSR count). The number of carbonyl (C=O) groups is 1. The molecule has 0 radical (unpaired) electrons. The molecule has 2 fully saturated rings. The van der Waals surface area contributed by atoms with Crippen LogP contribution < -0.4 is 4.74 Å². The van der Waals surface area contributed by atoms with Crippen LogP contribution in [0.1, 0.15) is 54.4 Å². The number of piperidine rings is 1. The van der Waals surface area contributed by atoms with E-state index < -0.39 is 0 Å². The number of halogens is 1. The first-order valence-electron chi connectivity index (χ1n) is 12.6. The Morgan fingerprint density at radius 3 is 2.56 bits per heavy atom. The summed E-state index contributed by atoms with van der Waals surface area (Å²) >= 11 is 6.53. The lowest BCUT2D eigenvalue weighted by Gasteiger charge is -2.48. The summed E-state index contributed by atoms with van der Waals surface area (Å²) in [6, 6.07) is 13.0. The Labute approximate surface area is 208 Å². The Balaban J connectivity index is 1.27. The van der Waals surface area contributed by atoms with Gasteiger partial charge in [-0.3, -0.25) is 4.79 Å². The maximum atomic E-state index is 12.7. The molecule has 6 heteroatoms. The fourth-order valence-electron chi connectivity index (χ4n) is 5.50. The molecule has 1 spiro atoms. The number of amides is 1. The average Bonchev–Trinajstić information content (AvgIpc) is 2.82. The number of fused-ring (bicyclic) bond motifs is 1. The number of nitrogens with zero attached hydrogens (tertiary/aromatic N) is 2. The SMILES string of the molecule is COCCN(C)C(=O)c1ccc(-c2ccc3c(c2)CCC2(CCN(C4CCC4)CC2)O3)cc1Cl. The van der Waals surface area contributed by atoms with Crippen LogP contribution in [0.2, 0.25) is 5.02 Å². The fourth-order valence-corrected chi connectivity index (χ4v) is 5.77. The summed E-state index contributed by atoms with van der Waals surface area (Å²) < 4.78 is 11.7. The van der Waals surface area contributed by atoms with E-state index in [1.54, 1.807) is 19.1 Å². The summed E-state index contributed by atoms with van der Waals surface area (Å²) in [7, 11) is 3.39. The van der Waals surface area contributed by atoms with Crippen molar-refractivity contribution in [1.29, 1.82) is 0 Å². The highest BCUT2D eigenvalue weighted by atomic mass is 35.5. The molecule has 2 heterocycles. The Morgan fingerprint density at radius 2 is 1.88 bits per heavy atom. The number of rotatable bonds is 6. The molecule has 0 unspecified atom stereocenters. The summed E-state index contributed by atoms with van der Waals surface area (Å²) in [6.45, 7) is 3.36. The number of hydrogen-bond donors (Lipinski definition) is 0. The van der Waals surface area contributed by atoms with Crippen LogP contribution in [0, 0.1) is 0 Å². The van der Waals surface area contributed by atoms with Gasteiger partial charge in [0, 0.05) is 39.8 Å². The minimum atomic E-state index is -0.0962. The molecule has 34 heavy (non-hydrogen) atoms. The van der Waals surface area contributed by atoms with Crippen molar-refractivity contribution in [3.8, 4) is 16.9 Å². The predicted octanol–water partition coefficient (Wildman–Crippen LogP) is 5.44. The summed E-state index contributed by atoms with van der Waals surface area (Å²) in [4.78, 5) is 17.0. The molecule has 1 aliphatic carbocycles. The molecule has 5 nitrogen and oxygen atoms in total. The van der Waals surface area contributed by atoms with Crippen LogP contribution in [0.4, 0.5) is 0 Å². The zero-order valence-corrected chi connectivity index (χ0v) is 21.1. The third kappa shape index (κ3) is 4.71. The first-order valence-corrected chi connectivity index (χ1v) is 13.0. The summed E-state index contributed by atoms with van der Waals surface area (Å²) in [6.07, 6.45) is 8.55. The summed E-state index contributed by atoms with van der Waals surface area (Å²) in [5, 5.41) is 0.470. The number of ether oxygens (including phenoxy) is 2. The van der Waals surface area contributed by atoms with Gasteiger partial charge in [0.15, 0.2) is 0 Å². The van der Waals surface area contributed by atoms with Gasteiger partial charge in [-0.1, -0.05) is 30.2 Å². The van der Waals surface area contributed by atoms with Gasteiger partial charge >= 0.3 is 0 Å². The lowest BCUT2D eigenvalue weighted by atomic mass is 9.81. The van der Waals surface area contributed by atoms with Crippen molar-refractivity contribution >= 4 is 17.5 Å². The third-order valence-corrected chi connectivity index (χ3v) is 8.36. The first kappa shape index (κ1) is 23.7. The standard InChI is InChI=1S/C28H35ClN2O3/c1-30(16-17-33-2)27(32)24-8-6-21(19-25(24)29)20-7-9-26-22(18-20)10-11-28(34-26)12-14-31(15-13-28)23-4-3-5-23/h6-9,18-19,23H,3-5,10-17H2,1-2H3. The van der Waals surface area contributed by atoms with Crippen LogP contribution >= 0.6 is 11.6 Å². The number of likely N-dealkylation sites (tertiary alicyclic amines) is 1. The van der Waals surface area contributed by atoms with Crippen LogP contribution in [-0.2, 0) is 11.2 Å². The molecule has 1 saturated carbocycles. The largest absolute Gasteiger partial charge is 0.487 e. The van der Waals surface area contributed by atoms with Gasteiger partial charge in [0.25, 0.3) is 5.91 Å². The van der Waals surface area contributed by atoms with E-state index in [1.807, 2.05) is 18.2 Å². The van der Waals surface area contributed by atoms with E-state index in [1.165, 1.54) is 37.9 Å². The van der Waals surface area contributed by atoms with Crippen molar-refractivity contribution in [1.82, 2.24) is 9.80 Å². The minimum absolute atomic E-state index is 0.00885. The zero-order chi connectivity index (χ0) is 23.7.